The van der Waals surface area contributed by atoms with Crippen LogP contribution in [-0.4, -0.2) is 29.5 Å². The SMILES string of the molecule is CC(=O)Nc1ccc(C(=O)[C@@H](C)OC(=O)c2ccc(C(=O)c3ccccc3)cc2)cc1. The molecule has 0 fully saturated rings. The van der Waals surface area contributed by atoms with Gasteiger partial charge in [-0.3, -0.25) is 14.4 Å². The van der Waals surface area contributed by atoms with Crippen molar-refractivity contribution in [1.29, 1.82) is 0 Å². The van der Waals surface area contributed by atoms with Crippen LogP contribution in [0.5, 0.6) is 0 Å². The van der Waals surface area contributed by atoms with E-state index in [1.54, 1.807) is 60.7 Å². The predicted molar refractivity (Wildman–Crippen MR) is 116 cm³/mol. The molecule has 156 valence electrons. The first-order valence-electron chi connectivity index (χ1n) is 9.68. The van der Waals surface area contributed by atoms with Gasteiger partial charge in [-0.1, -0.05) is 42.5 Å². The Kier molecular flexibility index (Phi) is 6.72. The van der Waals surface area contributed by atoms with Gasteiger partial charge in [0.15, 0.2) is 11.9 Å². The molecule has 3 aromatic rings. The van der Waals surface area contributed by atoms with Crippen molar-refractivity contribution in [3.05, 3.63) is 101 Å². The molecule has 3 rings (SSSR count). The minimum absolute atomic E-state index is 0.147. The second-order valence-electron chi connectivity index (χ2n) is 6.94. The van der Waals surface area contributed by atoms with Crippen molar-refractivity contribution in [1.82, 2.24) is 0 Å². The summed E-state index contributed by atoms with van der Waals surface area (Å²) < 4.78 is 5.29. The number of amides is 1. The van der Waals surface area contributed by atoms with E-state index in [1.165, 1.54) is 26.0 Å². The number of ketones is 2. The van der Waals surface area contributed by atoms with Gasteiger partial charge >= 0.3 is 5.97 Å². The van der Waals surface area contributed by atoms with Crippen molar-refractivity contribution < 1.29 is 23.9 Å². The first-order valence-corrected chi connectivity index (χ1v) is 9.68. The average Bonchev–Trinajstić information content (AvgIpc) is 2.79. The summed E-state index contributed by atoms with van der Waals surface area (Å²) in [4.78, 5) is 48.5. The molecule has 0 heterocycles. The van der Waals surface area contributed by atoms with Gasteiger partial charge in [0.1, 0.15) is 0 Å². The molecule has 0 saturated heterocycles. The van der Waals surface area contributed by atoms with Gasteiger partial charge in [-0.2, -0.15) is 0 Å². The Morgan fingerprint density at radius 3 is 1.81 bits per heavy atom. The highest BCUT2D eigenvalue weighted by Crippen LogP contribution is 2.15. The van der Waals surface area contributed by atoms with E-state index in [0.29, 0.717) is 22.4 Å². The zero-order valence-corrected chi connectivity index (χ0v) is 17.1. The Balaban J connectivity index is 1.63. The maximum absolute atomic E-state index is 12.5. The number of hydrogen-bond donors (Lipinski definition) is 1. The maximum atomic E-state index is 12.5. The van der Waals surface area contributed by atoms with Gasteiger partial charge in [-0.15, -0.1) is 0 Å². The van der Waals surface area contributed by atoms with Crippen LogP contribution in [0, 0.1) is 0 Å². The summed E-state index contributed by atoms with van der Waals surface area (Å²) in [5.74, 6) is -1.38. The van der Waals surface area contributed by atoms with E-state index >= 15 is 0 Å². The van der Waals surface area contributed by atoms with Gasteiger partial charge in [0.2, 0.25) is 11.7 Å². The molecular weight excluding hydrogens is 394 g/mol. The van der Waals surface area contributed by atoms with E-state index < -0.39 is 12.1 Å². The topological polar surface area (TPSA) is 89.5 Å². The summed E-state index contributed by atoms with van der Waals surface area (Å²) in [6, 6.07) is 21.3. The number of nitrogens with one attached hydrogen (secondary N) is 1. The normalized spacial score (nSPS) is 11.3. The zero-order valence-electron chi connectivity index (χ0n) is 17.1. The summed E-state index contributed by atoms with van der Waals surface area (Å²) in [5.41, 5.74) is 2.18. The highest BCUT2D eigenvalue weighted by atomic mass is 16.5. The summed E-state index contributed by atoms with van der Waals surface area (Å²) in [6.45, 7) is 2.89. The molecular formula is C25H21NO5. The second-order valence-corrected chi connectivity index (χ2v) is 6.94. The third-order valence-corrected chi connectivity index (χ3v) is 4.56. The van der Waals surface area contributed by atoms with E-state index in [2.05, 4.69) is 5.32 Å². The fourth-order valence-electron chi connectivity index (χ4n) is 2.95. The maximum Gasteiger partial charge on any atom is 0.338 e. The van der Waals surface area contributed by atoms with Gasteiger partial charge in [-0.25, -0.2) is 4.79 Å². The van der Waals surface area contributed by atoms with Gasteiger partial charge in [-0.05, 0) is 43.3 Å². The molecule has 0 radical (unpaired) electrons. The lowest BCUT2D eigenvalue weighted by Crippen LogP contribution is -2.24. The Morgan fingerprint density at radius 1 is 0.710 bits per heavy atom. The van der Waals surface area contributed by atoms with Gasteiger partial charge in [0.05, 0.1) is 5.56 Å². The first kappa shape index (κ1) is 21.6. The monoisotopic (exact) mass is 415 g/mol. The Morgan fingerprint density at radius 2 is 1.23 bits per heavy atom. The minimum atomic E-state index is -0.996. The molecule has 6 nitrogen and oxygen atoms in total. The molecule has 1 amide bonds. The number of benzene rings is 3. The molecule has 0 aliphatic carbocycles. The smallest absolute Gasteiger partial charge is 0.338 e. The molecule has 0 spiro atoms. The van der Waals surface area contributed by atoms with Gasteiger partial charge < -0.3 is 10.1 Å². The first-order chi connectivity index (χ1) is 14.8. The fourth-order valence-corrected chi connectivity index (χ4v) is 2.95. The van der Waals surface area contributed by atoms with Crippen LogP contribution in [-0.2, 0) is 9.53 Å². The minimum Gasteiger partial charge on any atom is -0.451 e. The van der Waals surface area contributed by atoms with E-state index in [9.17, 15) is 19.2 Å². The van der Waals surface area contributed by atoms with Crippen LogP contribution in [0.4, 0.5) is 5.69 Å². The number of rotatable bonds is 7. The van der Waals surface area contributed by atoms with E-state index in [4.69, 9.17) is 4.74 Å². The molecule has 6 heteroatoms. The van der Waals surface area contributed by atoms with Crippen LogP contribution >= 0.6 is 0 Å². The van der Waals surface area contributed by atoms with Crippen LogP contribution in [0.15, 0.2) is 78.9 Å². The van der Waals surface area contributed by atoms with Crippen LogP contribution in [0.3, 0.4) is 0 Å². The van der Waals surface area contributed by atoms with Gasteiger partial charge in [0.25, 0.3) is 0 Å². The average molecular weight is 415 g/mol. The third-order valence-electron chi connectivity index (χ3n) is 4.56. The highest BCUT2D eigenvalue weighted by Gasteiger charge is 2.21. The Hall–Kier alpha value is -4.06. The van der Waals surface area contributed by atoms with Crippen molar-refractivity contribution in [2.24, 2.45) is 0 Å². The second kappa shape index (κ2) is 9.63. The molecule has 0 unspecified atom stereocenters. The van der Waals surface area contributed by atoms with E-state index in [1.807, 2.05) is 6.07 Å². The van der Waals surface area contributed by atoms with E-state index in [-0.39, 0.29) is 23.0 Å². The molecule has 0 aliphatic heterocycles. The summed E-state index contributed by atoms with van der Waals surface area (Å²) >= 11 is 0. The van der Waals surface area contributed by atoms with Gasteiger partial charge in [0, 0.05) is 29.3 Å². The lowest BCUT2D eigenvalue weighted by Gasteiger charge is -2.13. The number of esters is 1. The van der Waals surface area contributed by atoms with Crippen LogP contribution in [0.1, 0.15) is 50.5 Å². The molecule has 0 saturated carbocycles. The number of ether oxygens (including phenoxy) is 1. The van der Waals surface area contributed by atoms with Crippen LogP contribution in [0.25, 0.3) is 0 Å². The molecule has 31 heavy (non-hydrogen) atoms. The lowest BCUT2D eigenvalue weighted by molar-refractivity contribution is -0.114. The third kappa shape index (κ3) is 5.51. The van der Waals surface area contributed by atoms with Crippen molar-refractivity contribution in [2.45, 2.75) is 20.0 Å². The van der Waals surface area contributed by atoms with E-state index in [0.717, 1.165) is 0 Å². The Labute approximate surface area is 179 Å². The van der Waals surface area contributed by atoms with Crippen molar-refractivity contribution in [3.8, 4) is 0 Å². The number of carbonyl (C=O) groups excluding carboxylic acids is 4. The molecule has 0 aromatic heterocycles. The quantitative estimate of drug-likeness (QED) is 0.459. The Bertz CT molecular complexity index is 1100. The number of anilines is 1. The molecule has 1 atom stereocenters. The zero-order chi connectivity index (χ0) is 22.4. The summed E-state index contributed by atoms with van der Waals surface area (Å²) in [6.07, 6.45) is -0.996. The predicted octanol–water partition coefficient (Wildman–Crippen LogP) is 4.30. The van der Waals surface area contributed by atoms with Crippen molar-refractivity contribution >= 4 is 29.1 Å². The number of Topliss-reactive ketones (excluding diaryl/α,β-unsaturated/α-hetero) is 1. The van der Waals surface area contributed by atoms with Crippen LogP contribution < -0.4 is 5.32 Å². The standard InChI is InChI=1S/C25H21NO5/c1-16(23(28)19-12-14-22(15-13-19)26-17(2)27)31-25(30)21-10-8-20(9-11-21)24(29)18-6-4-3-5-7-18/h3-16H,1-2H3,(H,26,27)/t16-/m1/s1. The summed E-state index contributed by atoms with van der Waals surface area (Å²) in [7, 11) is 0. The number of hydrogen-bond acceptors (Lipinski definition) is 5. The number of carbonyl (C=O) groups is 4. The largest absolute Gasteiger partial charge is 0.451 e. The van der Waals surface area contributed by atoms with Crippen molar-refractivity contribution in [2.75, 3.05) is 5.32 Å². The molecule has 3 aromatic carbocycles. The molecule has 0 bridgehead atoms. The highest BCUT2D eigenvalue weighted by molar-refractivity contribution is 6.09. The van der Waals surface area contributed by atoms with Crippen LogP contribution in [0.2, 0.25) is 0 Å². The molecule has 1 N–H and O–H groups in total. The summed E-state index contributed by atoms with van der Waals surface area (Å²) in [5, 5.41) is 2.62. The van der Waals surface area contributed by atoms with Crippen molar-refractivity contribution in [3.63, 3.8) is 0 Å². The fraction of sp³-hybridized carbons (Fsp3) is 0.120. The lowest BCUT2D eigenvalue weighted by atomic mass is 10.0. The molecule has 0 aliphatic rings.